The molecule has 0 bridgehead atoms. The Hall–Kier alpha value is -0.690. The van der Waals surface area contributed by atoms with E-state index in [9.17, 15) is 4.79 Å². The molecule has 0 aliphatic carbocycles. The number of hydrogen-bond donors (Lipinski definition) is 0. The molecule has 6 nitrogen and oxygen atoms in total. The highest BCUT2D eigenvalue weighted by atomic mass is 16.6. The molecule has 0 saturated carbocycles. The standard InChI is InChI=1S/C8H18O3.C6H12O3/c1-3-9-5-7-11-8-6-10-4-2;1-5(4-8-3)9-6(2)7/h3-8H2,1-2H3;5H,4H2,1-3H3. The van der Waals surface area contributed by atoms with Crippen LogP contribution >= 0.6 is 0 Å². The monoisotopic (exact) mass is 294 g/mol. The summed E-state index contributed by atoms with van der Waals surface area (Å²) in [4.78, 5) is 10.3. The van der Waals surface area contributed by atoms with Crippen LogP contribution in [0.3, 0.4) is 0 Å². The molecule has 0 aromatic carbocycles. The number of carbonyl (C=O) groups excluding carboxylic acids is 1. The molecule has 0 aromatic heterocycles. The van der Waals surface area contributed by atoms with Gasteiger partial charge in [-0.3, -0.25) is 4.79 Å². The molecule has 0 heterocycles. The first-order chi connectivity index (χ1) is 9.58. The molecule has 0 N–H and O–H groups in total. The Balaban J connectivity index is 0. The minimum atomic E-state index is -0.264. The van der Waals surface area contributed by atoms with E-state index in [2.05, 4.69) is 0 Å². The Bertz CT molecular complexity index is 190. The van der Waals surface area contributed by atoms with E-state index in [0.717, 1.165) is 13.2 Å². The maximum Gasteiger partial charge on any atom is 0.302 e. The second kappa shape index (κ2) is 18.3. The molecular weight excluding hydrogens is 264 g/mol. The third-order valence-electron chi connectivity index (χ3n) is 1.92. The molecule has 0 amide bonds. The van der Waals surface area contributed by atoms with Crippen LogP contribution in [0.4, 0.5) is 0 Å². The minimum Gasteiger partial charge on any atom is -0.460 e. The quantitative estimate of drug-likeness (QED) is 0.426. The normalized spacial score (nSPS) is 11.4. The lowest BCUT2D eigenvalue weighted by atomic mass is 10.4. The number of carbonyl (C=O) groups is 1. The van der Waals surface area contributed by atoms with Crippen molar-refractivity contribution in [2.24, 2.45) is 0 Å². The molecule has 0 aliphatic rings. The predicted octanol–water partition coefficient (Wildman–Crippen LogP) is 1.66. The van der Waals surface area contributed by atoms with Gasteiger partial charge in [-0.25, -0.2) is 0 Å². The van der Waals surface area contributed by atoms with E-state index in [1.54, 1.807) is 14.0 Å². The van der Waals surface area contributed by atoms with E-state index in [1.807, 2.05) is 13.8 Å². The van der Waals surface area contributed by atoms with Crippen molar-refractivity contribution in [1.29, 1.82) is 0 Å². The van der Waals surface area contributed by atoms with E-state index in [4.69, 9.17) is 23.7 Å². The summed E-state index contributed by atoms with van der Waals surface area (Å²) < 4.78 is 24.8. The second-order valence-electron chi connectivity index (χ2n) is 3.88. The lowest BCUT2D eigenvalue weighted by Gasteiger charge is -2.08. The summed E-state index contributed by atoms with van der Waals surface area (Å²) in [6, 6.07) is 0. The first-order valence-corrected chi connectivity index (χ1v) is 6.97. The van der Waals surface area contributed by atoms with E-state index in [1.165, 1.54) is 6.92 Å². The Morgan fingerprint density at radius 3 is 1.75 bits per heavy atom. The molecule has 0 saturated heterocycles. The van der Waals surface area contributed by atoms with Crippen molar-refractivity contribution in [2.75, 3.05) is 53.4 Å². The fraction of sp³-hybridized carbons (Fsp3) is 0.929. The van der Waals surface area contributed by atoms with Crippen LogP contribution in [0.2, 0.25) is 0 Å². The van der Waals surface area contributed by atoms with Gasteiger partial charge in [-0.2, -0.15) is 0 Å². The molecular formula is C14H30O6. The van der Waals surface area contributed by atoms with Crippen molar-refractivity contribution in [3.8, 4) is 0 Å². The average Bonchev–Trinajstić information content (AvgIpc) is 2.38. The molecule has 0 aromatic rings. The second-order valence-corrected chi connectivity index (χ2v) is 3.88. The molecule has 6 heteroatoms. The summed E-state index contributed by atoms with van der Waals surface area (Å²) in [6.45, 7) is 11.8. The van der Waals surface area contributed by atoms with Crippen molar-refractivity contribution < 1.29 is 28.5 Å². The highest BCUT2D eigenvalue weighted by molar-refractivity contribution is 5.66. The SMILES string of the molecule is CCOCCOCCOCC.COCC(C)OC(C)=O. The third kappa shape index (κ3) is 22.5. The van der Waals surface area contributed by atoms with Gasteiger partial charge in [-0.05, 0) is 20.8 Å². The van der Waals surface area contributed by atoms with Crippen molar-refractivity contribution in [2.45, 2.75) is 33.8 Å². The Kier molecular flexibility index (Phi) is 19.8. The first-order valence-electron chi connectivity index (χ1n) is 6.97. The number of ether oxygens (including phenoxy) is 5. The molecule has 0 rings (SSSR count). The van der Waals surface area contributed by atoms with Crippen LogP contribution in [0.15, 0.2) is 0 Å². The molecule has 20 heavy (non-hydrogen) atoms. The van der Waals surface area contributed by atoms with Crippen LogP contribution in [-0.2, 0) is 28.5 Å². The Morgan fingerprint density at radius 1 is 0.950 bits per heavy atom. The Morgan fingerprint density at radius 2 is 1.40 bits per heavy atom. The molecule has 122 valence electrons. The maximum atomic E-state index is 10.3. The number of rotatable bonds is 11. The van der Waals surface area contributed by atoms with Crippen LogP contribution in [0.25, 0.3) is 0 Å². The highest BCUT2D eigenvalue weighted by Gasteiger charge is 2.02. The molecule has 0 fully saturated rings. The summed E-state index contributed by atoms with van der Waals surface area (Å²) >= 11 is 0. The van der Waals surface area contributed by atoms with Gasteiger partial charge in [-0.1, -0.05) is 0 Å². The van der Waals surface area contributed by atoms with Crippen molar-refractivity contribution in [3.63, 3.8) is 0 Å². The zero-order valence-corrected chi connectivity index (χ0v) is 13.5. The third-order valence-corrected chi connectivity index (χ3v) is 1.92. The zero-order valence-electron chi connectivity index (χ0n) is 13.5. The van der Waals surface area contributed by atoms with Gasteiger partial charge in [0.25, 0.3) is 0 Å². The van der Waals surface area contributed by atoms with E-state index in [0.29, 0.717) is 33.0 Å². The summed E-state index contributed by atoms with van der Waals surface area (Å²) in [5, 5.41) is 0. The summed E-state index contributed by atoms with van der Waals surface area (Å²) in [7, 11) is 1.57. The topological polar surface area (TPSA) is 63.2 Å². The van der Waals surface area contributed by atoms with Crippen LogP contribution in [-0.4, -0.2) is 65.4 Å². The van der Waals surface area contributed by atoms with Crippen LogP contribution in [0.1, 0.15) is 27.7 Å². The number of esters is 1. The molecule has 0 spiro atoms. The van der Waals surface area contributed by atoms with Gasteiger partial charge >= 0.3 is 5.97 Å². The number of methoxy groups -OCH3 is 1. The van der Waals surface area contributed by atoms with Crippen molar-refractivity contribution in [1.82, 2.24) is 0 Å². The van der Waals surface area contributed by atoms with E-state index < -0.39 is 0 Å². The fourth-order valence-electron chi connectivity index (χ4n) is 1.18. The predicted molar refractivity (Wildman–Crippen MR) is 76.9 cm³/mol. The molecule has 1 unspecified atom stereocenters. The summed E-state index contributed by atoms with van der Waals surface area (Å²) in [6.07, 6.45) is -0.132. The fourth-order valence-corrected chi connectivity index (χ4v) is 1.18. The van der Waals surface area contributed by atoms with Gasteiger partial charge < -0.3 is 23.7 Å². The lowest BCUT2D eigenvalue weighted by molar-refractivity contribution is -0.147. The molecule has 0 radical (unpaired) electrons. The molecule has 0 aliphatic heterocycles. The smallest absolute Gasteiger partial charge is 0.302 e. The van der Waals surface area contributed by atoms with Crippen LogP contribution in [0.5, 0.6) is 0 Å². The van der Waals surface area contributed by atoms with Crippen LogP contribution in [0, 0.1) is 0 Å². The van der Waals surface area contributed by atoms with E-state index in [-0.39, 0.29) is 12.1 Å². The van der Waals surface area contributed by atoms with Crippen molar-refractivity contribution in [3.05, 3.63) is 0 Å². The zero-order chi connectivity index (χ0) is 15.6. The lowest BCUT2D eigenvalue weighted by Crippen LogP contribution is -2.17. The minimum absolute atomic E-state index is 0.132. The van der Waals surface area contributed by atoms with Crippen LogP contribution < -0.4 is 0 Å². The first kappa shape index (κ1) is 21.6. The molecule has 1 atom stereocenters. The van der Waals surface area contributed by atoms with Gasteiger partial charge in [0.15, 0.2) is 0 Å². The highest BCUT2D eigenvalue weighted by Crippen LogP contribution is 1.90. The summed E-state index contributed by atoms with van der Waals surface area (Å²) in [5.74, 6) is -0.264. The average molecular weight is 294 g/mol. The van der Waals surface area contributed by atoms with Gasteiger partial charge in [0.2, 0.25) is 0 Å². The maximum absolute atomic E-state index is 10.3. The van der Waals surface area contributed by atoms with Gasteiger partial charge in [0, 0.05) is 27.2 Å². The van der Waals surface area contributed by atoms with E-state index >= 15 is 0 Å². The largest absolute Gasteiger partial charge is 0.460 e. The Labute approximate surface area is 122 Å². The van der Waals surface area contributed by atoms with Gasteiger partial charge in [-0.15, -0.1) is 0 Å². The summed E-state index contributed by atoms with van der Waals surface area (Å²) in [5.41, 5.74) is 0. The van der Waals surface area contributed by atoms with Crippen molar-refractivity contribution >= 4 is 5.97 Å². The van der Waals surface area contributed by atoms with Gasteiger partial charge in [0.1, 0.15) is 6.10 Å². The number of hydrogen-bond acceptors (Lipinski definition) is 6. The van der Waals surface area contributed by atoms with Gasteiger partial charge in [0.05, 0.1) is 33.0 Å².